The van der Waals surface area contributed by atoms with Crippen molar-refractivity contribution in [3.05, 3.63) is 0 Å². The molecule has 0 amide bonds. The van der Waals surface area contributed by atoms with Crippen LogP contribution in [0.1, 0.15) is 19.3 Å². The maximum atomic E-state index is 3.59. The van der Waals surface area contributed by atoms with Crippen LogP contribution in [0.15, 0.2) is 0 Å². The van der Waals surface area contributed by atoms with Gasteiger partial charge >= 0.3 is 0 Å². The van der Waals surface area contributed by atoms with Crippen LogP contribution in [0.3, 0.4) is 0 Å². The summed E-state index contributed by atoms with van der Waals surface area (Å²) in [5, 5.41) is 3.59. The maximum absolute atomic E-state index is 3.59. The average Bonchev–Trinajstić information content (AvgIpc) is 2.31. The zero-order valence-electron chi connectivity index (χ0n) is 7.34. The van der Waals surface area contributed by atoms with Crippen LogP contribution in [0, 0.1) is 5.92 Å². The predicted octanol–water partition coefficient (Wildman–Crippen LogP) is 0.690. The predicted molar refractivity (Wildman–Crippen MR) is 46.6 cm³/mol. The van der Waals surface area contributed by atoms with Gasteiger partial charge in [0.1, 0.15) is 0 Å². The Labute approximate surface area is 69.0 Å². The third-order valence-electron chi connectivity index (χ3n) is 3.11. The molecule has 0 aromatic heterocycles. The van der Waals surface area contributed by atoms with Gasteiger partial charge in [-0.15, -0.1) is 0 Å². The van der Waals surface area contributed by atoms with Gasteiger partial charge in [-0.1, -0.05) is 0 Å². The van der Waals surface area contributed by atoms with Gasteiger partial charge < -0.3 is 10.2 Å². The van der Waals surface area contributed by atoms with E-state index in [1.807, 2.05) is 0 Å². The molecule has 2 unspecified atom stereocenters. The van der Waals surface area contributed by atoms with Crippen molar-refractivity contribution in [2.24, 2.45) is 5.92 Å². The topological polar surface area (TPSA) is 15.3 Å². The third kappa shape index (κ3) is 1.57. The zero-order valence-corrected chi connectivity index (χ0v) is 7.34. The fourth-order valence-corrected chi connectivity index (χ4v) is 2.43. The Morgan fingerprint density at radius 3 is 3.18 bits per heavy atom. The smallest absolute Gasteiger partial charge is 0.0223 e. The molecule has 2 fully saturated rings. The van der Waals surface area contributed by atoms with Crippen LogP contribution >= 0.6 is 0 Å². The molecule has 1 N–H and O–H groups in total. The molecular formula is C9H18N2. The van der Waals surface area contributed by atoms with Gasteiger partial charge in [0.05, 0.1) is 0 Å². The van der Waals surface area contributed by atoms with Gasteiger partial charge in [0, 0.05) is 12.6 Å². The summed E-state index contributed by atoms with van der Waals surface area (Å²) in [6.45, 7) is 3.82. The molecule has 0 radical (unpaired) electrons. The molecule has 0 aromatic carbocycles. The van der Waals surface area contributed by atoms with Crippen molar-refractivity contribution in [2.75, 3.05) is 26.7 Å². The summed E-state index contributed by atoms with van der Waals surface area (Å²) in [5.41, 5.74) is 0. The van der Waals surface area contributed by atoms with Crippen LogP contribution in [0.2, 0.25) is 0 Å². The first kappa shape index (κ1) is 7.56. The van der Waals surface area contributed by atoms with Crippen LogP contribution in [0.25, 0.3) is 0 Å². The largest absolute Gasteiger partial charge is 0.312 e. The summed E-state index contributed by atoms with van der Waals surface area (Å²) < 4.78 is 0. The number of rotatable bonds is 0. The highest BCUT2D eigenvalue weighted by Crippen LogP contribution is 2.24. The van der Waals surface area contributed by atoms with E-state index in [0.717, 1.165) is 12.0 Å². The third-order valence-corrected chi connectivity index (χ3v) is 3.11. The number of nitrogens with one attached hydrogen (secondary N) is 1. The summed E-state index contributed by atoms with van der Waals surface area (Å²) in [7, 11) is 2.24. The summed E-state index contributed by atoms with van der Waals surface area (Å²) in [6, 6.07) is 0.808. The maximum Gasteiger partial charge on any atom is 0.0223 e. The number of fused-ring (bicyclic) bond motifs is 1. The molecule has 2 aliphatic heterocycles. The van der Waals surface area contributed by atoms with E-state index < -0.39 is 0 Å². The van der Waals surface area contributed by atoms with Crippen LogP contribution in [0.5, 0.6) is 0 Å². The molecule has 2 saturated heterocycles. The first-order valence-electron chi connectivity index (χ1n) is 4.78. The molecule has 11 heavy (non-hydrogen) atoms. The summed E-state index contributed by atoms with van der Waals surface area (Å²) in [5.74, 6) is 0.986. The normalized spacial score (nSPS) is 40.1. The molecule has 2 atom stereocenters. The minimum absolute atomic E-state index is 0.808. The fourth-order valence-electron chi connectivity index (χ4n) is 2.43. The molecular weight excluding hydrogens is 136 g/mol. The monoisotopic (exact) mass is 154 g/mol. The highest BCUT2D eigenvalue weighted by atomic mass is 15.1. The second kappa shape index (κ2) is 3.11. The number of likely N-dealkylation sites (N-methyl/N-ethyl adjacent to an activating group) is 1. The van der Waals surface area contributed by atoms with Crippen molar-refractivity contribution >= 4 is 0 Å². The molecule has 2 heteroatoms. The van der Waals surface area contributed by atoms with Crippen molar-refractivity contribution in [3.63, 3.8) is 0 Å². The molecule has 2 aliphatic rings. The molecule has 0 aromatic rings. The number of likely N-dealkylation sites (tertiary alicyclic amines) is 1. The second-order valence-corrected chi connectivity index (χ2v) is 4.01. The van der Waals surface area contributed by atoms with E-state index in [0.29, 0.717) is 0 Å². The van der Waals surface area contributed by atoms with E-state index in [2.05, 4.69) is 17.3 Å². The van der Waals surface area contributed by atoms with Crippen molar-refractivity contribution in [1.29, 1.82) is 0 Å². The molecule has 64 valence electrons. The molecule has 2 heterocycles. The van der Waals surface area contributed by atoms with Gasteiger partial charge in [-0.3, -0.25) is 0 Å². The molecule has 0 saturated carbocycles. The minimum atomic E-state index is 0.808. The van der Waals surface area contributed by atoms with E-state index in [1.54, 1.807) is 0 Å². The number of nitrogens with zero attached hydrogens (tertiary/aromatic N) is 1. The summed E-state index contributed by atoms with van der Waals surface area (Å²) in [4.78, 5) is 2.46. The van der Waals surface area contributed by atoms with E-state index in [-0.39, 0.29) is 0 Å². The van der Waals surface area contributed by atoms with Gasteiger partial charge in [0.25, 0.3) is 0 Å². The zero-order chi connectivity index (χ0) is 7.68. The lowest BCUT2D eigenvalue weighted by Crippen LogP contribution is -2.36. The van der Waals surface area contributed by atoms with Gasteiger partial charge in [-0.2, -0.15) is 0 Å². The minimum Gasteiger partial charge on any atom is -0.312 e. The van der Waals surface area contributed by atoms with E-state index in [9.17, 15) is 0 Å². The lowest BCUT2D eigenvalue weighted by atomic mass is 9.97. The molecule has 0 bridgehead atoms. The summed E-state index contributed by atoms with van der Waals surface area (Å²) in [6.07, 6.45) is 4.26. The molecule has 2 rings (SSSR count). The highest BCUT2D eigenvalue weighted by Gasteiger charge is 2.29. The standard InChI is InChI=1S/C9H18N2/c1-11-6-2-3-8-4-5-10-9(8)7-11/h8-10H,2-7H2,1H3. The fraction of sp³-hybridized carbons (Fsp3) is 1.00. The first-order valence-corrected chi connectivity index (χ1v) is 4.78. The van der Waals surface area contributed by atoms with Crippen LogP contribution in [-0.2, 0) is 0 Å². The van der Waals surface area contributed by atoms with Crippen molar-refractivity contribution in [2.45, 2.75) is 25.3 Å². The quantitative estimate of drug-likeness (QED) is 0.552. The van der Waals surface area contributed by atoms with Crippen LogP contribution < -0.4 is 5.32 Å². The van der Waals surface area contributed by atoms with Gasteiger partial charge in [-0.05, 0) is 45.3 Å². The van der Waals surface area contributed by atoms with Gasteiger partial charge in [-0.25, -0.2) is 0 Å². The van der Waals surface area contributed by atoms with Crippen molar-refractivity contribution in [1.82, 2.24) is 10.2 Å². The Morgan fingerprint density at radius 2 is 2.27 bits per heavy atom. The van der Waals surface area contributed by atoms with Crippen LogP contribution in [0.4, 0.5) is 0 Å². The Hall–Kier alpha value is -0.0800. The number of hydrogen-bond donors (Lipinski definition) is 1. The SMILES string of the molecule is CN1CCCC2CCNC2C1. The Morgan fingerprint density at radius 1 is 1.36 bits per heavy atom. The molecule has 0 spiro atoms. The van der Waals surface area contributed by atoms with Gasteiger partial charge in [0.15, 0.2) is 0 Å². The Balaban J connectivity index is 1.98. The van der Waals surface area contributed by atoms with E-state index >= 15 is 0 Å². The first-order chi connectivity index (χ1) is 5.36. The highest BCUT2D eigenvalue weighted by molar-refractivity contribution is 4.87. The second-order valence-electron chi connectivity index (χ2n) is 4.01. The van der Waals surface area contributed by atoms with E-state index in [4.69, 9.17) is 0 Å². The van der Waals surface area contributed by atoms with Crippen molar-refractivity contribution < 1.29 is 0 Å². The Bertz CT molecular complexity index is 136. The van der Waals surface area contributed by atoms with Gasteiger partial charge in [0.2, 0.25) is 0 Å². The average molecular weight is 154 g/mol. The summed E-state index contributed by atoms with van der Waals surface area (Å²) >= 11 is 0. The van der Waals surface area contributed by atoms with Crippen molar-refractivity contribution in [3.8, 4) is 0 Å². The Kier molecular flexibility index (Phi) is 2.14. The molecule has 0 aliphatic carbocycles. The lowest BCUT2D eigenvalue weighted by molar-refractivity contribution is 0.311. The van der Waals surface area contributed by atoms with E-state index in [1.165, 1.54) is 38.9 Å². The number of hydrogen-bond acceptors (Lipinski definition) is 2. The molecule has 2 nitrogen and oxygen atoms in total. The van der Waals surface area contributed by atoms with Crippen LogP contribution in [-0.4, -0.2) is 37.6 Å². The lowest BCUT2D eigenvalue weighted by Gasteiger charge is -2.19.